The molecule has 2 atom stereocenters. The van der Waals surface area contributed by atoms with E-state index in [1.165, 1.54) is 11.8 Å². The van der Waals surface area contributed by atoms with Crippen molar-refractivity contribution in [1.82, 2.24) is 14.5 Å². The lowest BCUT2D eigenvalue weighted by Gasteiger charge is -2.26. The Kier molecular flexibility index (Phi) is 4.43. The Labute approximate surface area is 123 Å². The monoisotopic (exact) mass is 317 g/mol. The van der Waals surface area contributed by atoms with Gasteiger partial charge in [-0.2, -0.15) is 0 Å². The molecule has 20 heavy (non-hydrogen) atoms. The van der Waals surface area contributed by atoms with Crippen LogP contribution in [0.15, 0.2) is 17.6 Å². The van der Waals surface area contributed by atoms with Crippen molar-refractivity contribution in [2.75, 3.05) is 18.6 Å². The van der Waals surface area contributed by atoms with Gasteiger partial charge in [-0.15, -0.1) is 0 Å². The van der Waals surface area contributed by atoms with Crippen LogP contribution in [0, 0.1) is 0 Å². The zero-order valence-electron chi connectivity index (χ0n) is 11.8. The van der Waals surface area contributed by atoms with Crippen molar-refractivity contribution in [3.8, 4) is 0 Å². The second kappa shape index (κ2) is 5.77. The molecule has 1 aliphatic rings. The molecule has 2 rings (SSSR count). The Morgan fingerprint density at radius 2 is 2.30 bits per heavy atom. The number of thioether (sulfide) groups is 1. The Morgan fingerprint density at radius 1 is 1.60 bits per heavy atom. The van der Waals surface area contributed by atoms with Crippen molar-refractivity contribution >= 4 is 27.5 Å². The number of carbonyl (C=O) groups is 1. The van der Waals surface area contributed by atoms with Crippen molar-refractivity contribution in [2.24, 2.45) is 7.05 Å². The second-order valence-electron chi connectivity index (χ2n) is 5.09. The van der Waals surface area contributed by atoms with E-state index in [9.17, 15) is 13.2 Å². The van der Waals surface area contributed by atoms with E-state index in [4.69, 9.17) is 0 Å². The Morgan fingerprint density at radius 3 is 2.80 bits per heavy atom. The van der Waals surface area contributed by atoms with Gasteiger partial charge in [-0.25, -0.2) is 13.4 Å². The molecule has 2 heterocycles. The molecule has 0 saturated carbocycles. The maximum Gasteiger partial charge on any atom is 0.235 e. The lowest BCUT2D eigenvalue weighted by Crippen LogP contribution is -2.41. The number of carbonyl (C=O) groups excluding carboxylic acids is 1. The van der Waals surface area contributed by atoms with E-state index in [1.807, 2.05) is 24.7 Å². The zero-order valence-corrected chi connectivity index (χ0v) is 13.4. The number of sulfone groups is 1. The minimum absolute atomic E-state index is 0.0555. The summed E-state index contributed by atoms with van der Waals surface area (Å²) in [5, 5.41) is 0.489. The summed E-state index contributed by atoms with van der Waals surface area (Å²) in [5.74, 6) is 0.200. The van der Waals surface area contributed by atoms with Crippen molar-refractivity contribution in [1.29, 1.82) is 0 Å². The van der Waals surface area contributed by atoms with E-state index in [0.717, 1.165) is 5.16 Å². The Balaban J connectivity index is 1.98. The van der Waals surface area contributed by atoms with Gasteiger partial charge >= 0.3 is 0 Å². The van der Waals surface area contributed by atoms with Gasteiger partial charge in [0.2, 0.25) is 5.91 Å². The second-order valence-corrected chi connectivity index (χ2v) is 8.62. The van der Waals surface area contributed by atoms with E-state index in [0.29, 0.717) is 6.42 Å². The first-order valence-electron chi connectivity index (χ1n) is 6.41. The predicted molar refractivity (Wildman–Crippen MR) is 78.4 cm³/mol. The van der Waals surface area contributed by atoms with Gasteiger partial charge in [-0.3, -0.25) is 4.79 Å². The smallest absolute Gasteiger partial charge is 0.235 e. The molecule has 1 aromatic heterocycles. The third kappa shape index (κ3) is 3.35. The van der Waals surface area contributed by atoms with Crippen LogP contribution < -0.4 is 0 Å². The van der Waals surface area contributed by atoms with Crippen LogP contribution in [0.4, 0.5) is 0 Å². The summed E-state index contributed by atoms with van der Waals surface area (Å²) in [5.41, 5.74) is 0. The molecule has 112 valence electrons. The maximum absolute atomic E-state index is 12.4. The fourth-order valence-corrected chi connectivity index (χ4v) is 4.93. The molecule has 0 spiro atoms. The number of imidazole rings is 1. The fourth-order valence-electron chi connectivity index (χ4n) is 2.22. The standard InChI is InChI=1S/C12H19N3O3S2/c1-9(19-12-13-5-6-14(12)2)11(16)15(3)10-4-7-20(17,18)8-10/h5-6,9-10H,4,7-8H2,1-3H3/t9-,10-/m0/s1. The minimum atomic E-state index is -2.97. The molecule has 1 saturated heterocycles. The number of aryl methyl sites for hydroxylation is 1. The average Bonchev–Trinajstić information content (AvgIpc) is 2.94. The van der Waals surface area contributed by atoms with E-state index in [1.54, 1.807) is 18.1 Å². The van der Waals surface area contributed by atoms with Gasteiger partial charge in [0, 0.05) is 32.5 Å². The maximum atomic E-state index is 12.4. The third-order valence-electron chi connectivity index (χ3n) is 3.51. The van der Waals surface area contributed by atoms with Crippen molar-refractivity contribution in [3.05, 3.63) is 12.4 Å². The van der Waals surface area contributed by atoms with Crippen LogP contribution in [0.1, 0.15) is 13.3 Å². The van der Waals surface area contributed by atoms with Crippen LogP contribution >= 0.6 is 11.8 Å². The van der Waals surface area contributed by atoms with Crippen LogP contribution in [-0.4, -0.2) is 58.6 Å². The van der Waals surface area contributed by atoms with E-state index >= 15 is 0 Å². The molecule has 6 nitrogen and oxygen atoms in total. The van der Waals surface area contributed by atoms with Gasteiger partial charge in [0.15, 0.2) is 15.0 Å². The van der Waals surface area contributed by atoms with Gasteiger partial charge in [0.1, 0.15) is 0 Å². The van der Waals surface area contributed by atoms with E-state index in [2.05, 4.69) is 4.98 Å². The first kappa shape index (κ1) is 15.4. The molecule has 1 aromatic rings. The highest BCUT2D eigenvalue weighted by Gasteiger charge is 2.34. The molecule has 8 heteroatoms. The van der Waals surface area contributed by atoms with Gasteiger partial charge in [-0.05, 0) is 13.3 Å². The van der Waals surface area contributed by atoms with E-state index < -0.39 is 9.84 Å². The zero-order chi connectivity index (χ0) is 14.9. The molecule has 0 aromatic carbocycles. The SMILES string of the molecule is C[C@H](Sc1nccn1C)C(=O)N(C)[C@H]1CCS(=O)(=O)C1. The molecule has 0 aliphatic carbocycles. The van der Waals surface area contributed by atoms with Gasteiger partial charge in [0.05, 0.1) is 16.8 Å². The summed E-state index contributed by atoms with van der Waals surface area (Å²) in [6, 6.07) is -0.197. The Hall–Kier alpha value is -1.02. The van der Waals surface area contributed by atoms with Crippen LogP contribution in [0.5, 0.6) is 0 Å². The van der Waals surface area contributed by atoms with Crippen molar-refractivity contribution in [2.45, 2.75) is 29.8 Å². The summed E-state index contributed by atoms with van der Waals surface area (Å²) in [4.78, 5) is 18.1. The molecule has 1 amide bonds. The minimum Gasteiger partial charge on any atom is -0.341 e. The van der Waals surface area contributed by atoms with Gasteiger partial charge in [-0.1, -0.05) is 11.8 Å². The fraction of sp³-hybridized carbons (Fsp3) is 0.667. The number of aromatic nitrogens is 2. The summed E-state index contributed by atoms with van der Waals surface area (Å²) in [6.45, 7) is 1.82. The van der Waals surface area contributed by atoms with Crippen LogP contribution in [0.3, 0.4) is 0 Å². The number of hydrogen-bond donors (Lipinski definition) is 0. The molecule has 0 bridgehead atoms. The highest BCUT2D eigenvalue weighted by Crippen LogP contribution is 2.24. The number of amides is 1. The summed E-state index contributed by atoms with van der Waals surface area (Å²) < 4.78 is 24.8. The normalized spacial score (nSPS) is 22.6. The molecule has 0 radical (unpaired) electrons. The number of rotatable bonds is 4. The molecular formula is C12H19N3O3S2. The van der Waals surface area contributed by atoms with Crippen molar-refractivity contribution in [3.63, 3.8) is 0 Å². The molecular weight excluding hydrogens is 298 g/mol. The third-order valence-corrected chi connectivity index (χ3v) is 6.42. The molecule has 0 N–H and O–H groups in total. The number of hydrogen-bond acceptors (Lipinski definition) is 5. The average molecular weight is 317 g/mol. The van der Waals surface area contributed by atoms with Gasteiger partial charge < -0.3 is 9.47 Å². The van der Waals surface area contributed by atoms with Crippen LogP contribution in [-0.2, 0) is 21.7 Å². The topological polar surface area (TPSA) is 72.3 Å². The largest absolute Gasteiger partial charge is 0.341 e. The van der Waals surface area contributed by atoms with Gasteiger partial charge in [0.25, 0.3) is 0 Å². The highest BCUT2D eigenvalue weighted by molar-refractivity contribution is 8.00. The quantitative estimate of drug-likeness (QED) is 0.758. The first-order valence-corrected chi connectivity index (χ1v) is 9.11. The van der Waals surface area contributed by atoms with Crippen LogP contribution in [0.2, 0.25) is 0 Å². The highest BCUT2D eigenvalue weighted by atomic mass is 32.2. The summed E-state index contributed by atoms with van der Waals surface area (Å²) >= 11 is 1.38. The summed E-state index contributed by atoms with van der Waals surface area (Å²) in [6.07, 6.45) is 4.05. The first-order chi connectivity index (χ1) is 9.30. The lowest BCUT2D eigenvalue weighted by atomic mass is 10.2. The number of nitrogens with zero attached hydrogens (tertiary/aromatic N) is 3. The van der Waals surface area contributed by atoms with Crippen molar-refractivity contribution < 1.29 is 13.2 Å². The van der Waals surface area contributed by atoms with E-state index in [-0.39, 0.29) is 28.7 Å². The van der Waals surface area contributed by atoms with Crippen LogP contribution in [0.25, 0.3) is 0 Å². The summed E-state index contributed by atoms with van der Waals surface area (Å²) in [7, 11) is 0.585. The Bertz CT molecular complexity index is 597. The molecule has 0 unspecified atom stereocenters. The molecule has 1 aliphatic heterocycles. The molecule has 1 fully saturated rings. The lowest BCUT2D eigenvalue weighted by molar-refractivity contribution is -0.130. The predicted octanol–water partition coefficient (Wildman–Crippen LogP) is 0.546.